The Morgan fingerprint density at radius 1 is 1.52 bits per heavy atom. The van der Waals surface area contributed by atoms with Crippen LogP contribution in [0.2, 0.25) is 0 Å². The van der Waals surface area contributed by atoms with Gasteiger partial charge in [0, 0.05) is 37.2 Å². The maximum atomic E-state index is 12.3. The van der Waals surface area contributed by atoms with Crippen LogP contribution in [0.5, 0.6) is 0 Å². The number of hydrogen-bond acceptors (Lipinski definition) is 4. The van der Waals surface area contributed by atoms with E-state index in [0.717, 1.165) is 26.1 Å². The summed E-state index contributed by atoms with van der Waals surface area (Å²) in [5.41, 5.74) is 6.57. The quantitative estimate of drug-likeness (QED) is 0.811. The van der Waals surface area contributed by atoms with E-state index in [2.05, 4.69) is 22.1 Å². The first-order valence-corrected chi connectivity index (χ1v) is 7.23. The summed E-state index contributed by atoms with van der Waals surface area (Å²) in [5, 5.41) is 3.04. The van der Waals surface area contributed by atoms with Crippen molar-refractivity contribution in [3.8, 4) is 11.8 Å². The molecule has 0 aromatic carbocycles. The van der Waals surface area contributed by atoms with Crippen molar-refractivity contribution in [3.05, 3.63) is 29.6 Å². The number of amides is 1. The van der Waals surface area contributed by atoms with Crippen LogP contribution in [0.1, 0.15) is 35.7 Å². The van der Waals surface area contributed by atoms with Crippen molar-refractivity contribution < 1.29 is 9.53 Å². The van der Waals surface area contributed by atoms with E-state index < -0.39 is 0 Å². The minimum atomic E-state index is -0.113. The molecule has 1 aromatic rings. The molecule has 2 heterocycles. The van der Waals surface area contributed by atoms with Crippen molar-refractivity contribution in [1.29, 1.82) is 0 Å². The Kier molecular flexibility index (Phi) is 5.73. The summed E-state index contributed by atoms with van der Waals surface area (Å²) in [5.74, 6) is 5.99. The molecule has 0 aliphatic carbocycles. The van der Waals surface area contributed by atoms with Gasteiger partial charge in [-0.05, 0) is 31.7 Å². The van der Waals surface area contributed by atoms with Gasteiger partial charge in [0.05, 0.1) is 12.1 Å². The fourth-order valence-electron chi connectivity index (χ4n) is 2.41. The number of hydrogen-bond donors (Lipinski definition) is 2. The summed E-state index contributed by atoms with van der Waals surface area (Å²) in [6.45, 7) is 3.88. The van der Waals surface area contributed by atoms with Gasteiger partial charge in [0.15, 0.2) is 0 Å². The molecule has 0 saturated carbocycles. The molecule has 112 valence electrons. The molecule has 1 saturated heterocycles. The molecule has 2 rings (SSSR count). The lowest BCUT2D eigenvalue weighted by Gasteiger charge is -2.28. The van der Waals surface area contributed by atoms with Gasteiger partial charge >= 0.3 is 0 Å². The average molecular weight is 287 g/mol. The van der Waals surface area contributed by atoms with Gasteiger partial charge in [0.1, 0.15) is 0 Å². The van der Waals surface area contributed by atoms with Crippen LogP contribution in [-0.4, -0.2) is 36.7 Å². The number of rotatable bonds is 3. The second-order valence-corrected chi connectivity index (χ2v) is 5.18. The summed E-state index contributed by atoms with van der Waals surface area (Å²) < 4.78 is 5.34. The van der Waals surface area contributed by atoms with E-state index in [1.54, 1.807) is 18.5 Å². The molecular formula is C16H21N3O2. The number of nitrogens with two attached hydrogens (primary N) is 1. The molecule has 3 N–H and O–H groups in total. The lowest BCUT2D eigenvalue weighted by atomic mass is 9.93. The average Bonchev–Trinajstić information content (AvgIpc) is 2.54. The molecule has 5 nitrogen and oxygen atoms in total. The number of carbonyl (C=O) groups excluding carboxylic acids is 1. The van der Waals surface area contributed by atoms with E-state index in [1.165, 1.54) is 0 Å². The Bertz CT molecular complexity index is 542. The maximum Gasteiger partial charge on any atom is 0.253 e. The summed E-state index contributed by atoms with van der Waals surface area (Å²) in [6.07, 6.45) is 5.16. The zero-order valence-electron chi connectivity index (χ0n) is 12.3. The molecule has 21 heavy (non-hydrogen) atoms. The normalized spacial score (nSPS) is 16.7. The van der Waals surface area contributed by atoms with Crippen LogP contribution in [0.25, 0.3) is 0 Å². The SMILES string of the molecule is CC(NC(=O)c1cncc(C#CCN)c1)C1CCOCC1. The van der Waals surface area contributed by atoms with Crippen molar-refractivity contribution in [2.75, 3.05) is 19.8 Å². The standard InChI is InChI=1S/C16H21N3O2/c1-12(14-4-7-21-8-5-14)19-16(20)15-9-13(3-2-6-17)10-18-11-15/h9-12,14H,4-8,17H2,1H3,(H,19,20). The molecule has 1 fully saturated rings. The Labute approximate surface area is 125 Å². The first kappa shape index (κ1) is 15.5. The molecule has 0 spiro atoms. The number of nitrogens with zero attached hydrogens (tertiary/aromatic N) is 1. The second kappa shape index (κ2) is 7.77. The van der Waals surface area contributed by atoms with E-state index >= 15 is 0 Å². The van der Waals surface area contributed by atoms with Crippen molar-refractivity contribution >= 4 is 5.91 Å². The van der Waals surface area contributed by atoms with Crippen molar-refractivity contribution in [1.82, 2.24) is 10.3 Å². The highest BCUT2D eigenvalue weighted by atomic mass is 16.5. The predicted octanol–water partition coefficient (Wildman–Crippen LogP) is 0.937. The van der Waals surface area contributed by atoms with Crippen molar-refractivity contribution in [2.24, 2.45) is 11.7 Å². The molecule has 1 atom stereocenters. The van der Waals surface area contributed by atoms with Crippen molar-refractivity contribution in [3.63, 3.8) is 0 Å². The van der Waals surface area contributed by atoms with E-state index in [9.17, 15) is 4.79 Å². The smallest absolute Gasteiger partial charge is 0.253 e. The first-order valence-electron chi connectivity index (χ1n) is 7.23. The van der Waals surface area contributed by atoms with Crippen LogP contribution in [0.3, 0.4) is 0 Å². The highest BCUT2D eigenvalue weighted by molar-refractivity contribution is 5.94. The maximum absolute atomic E-state index is 12.3. The summed E-state index contributed by atoms with van der Waals surface area (Å²) in [6, 6.07) is 1.86. The minimum Gasteiger partial charge on any atom is -0.381 e. The van der Waals surface area contributed by atoms with Gasteiger partial charge in [-0.15, -0.1) is 0 Å². The first-order chi connectivity index (χ1) is 10.2. The van der Waals surface area contributed by atoms with Gasteiger partial charge in [0.25, 0.3) is 5.91 Å². The highest BCUT2D eigenvalue weighted by Gasteiger charge is 2.22. The Balaban J connectivity index is 1.99. The van der Waals surface area contributed by atoms with Crippen LogP contribution in [0, 0.1) is 17.8 Å². The molecule has 5 heteroatoms. The third kappa shape index (κ3) is 4.55. The lowest BCUT2D eigenvalue weighted by Crippen LogP contribution is -2.40. The minimum absolute atomic E-state index is 0.113. The fraction of sp³-hybridized carbons (Fsp3) is 0.500. The zero-order chi connectivity index (χ0) is 15.1. The summed E-state index contributed by atoms with van der Waals surface area (Å²) >= 11 is 0. The number of nitrogens with one attached hydrogen (secondary N) is 1. The third-order valence-corrected chi connectivity index (χ3v) is 3.67. The van der Waals surface area contributed by atoms with E-state index in [1.807, 2.05) is 6.92 Å². The monoisotopic (exact) mass is 287 g/mol. The molecule has 1 amide bonds. The lowest BCUT2D eigenvalue weighted by molar-refractivity contribution is 0.0538. The van der Waals surface area contributed by atoms with Gasteiger partial charge in [-0.25, -0.2) is 0 Å². The Hall–Kier alpha value is -1.90. The molecule has 1 aliphatic rings. The van der Waals surface area contributed by atoms with Gasteiger partial charge in [0.2, 0.25) is 0 Å². The predicted molar refractivity (Wildman–Crippen MR) is 80.6 cm³/mol. The topological polar surface area (TPSA) is 77.2 Å². The Morgan fingerprint density at radius 2 is 2.29 bits per heavy atom. The summed E-state index contributed by atoms with van der Waals surface area (Å²) in [4.78, 5) is 16.3. The number of aromatic nitrogens is 1. The van der Waals surface area contributed by atoms with Gasteiger partial charge in [-0.1, -0.05) is 11.8 Å². The van der Waals surface area contributed by atoms with E-state index in [4.69, 9.17) is 10.5 Å². The highest BCUT2D eigenvalue weighted by Crippen LogP contribution is 2.18. The van der Waals surface area contributed by atoms with Crippen LogP contribution in [0.4, 0.5) is 0 Å². The molecule has 1 aromatic heterocycles. The van der Waals surface area contributed by atoms with Gasteiger partial charge < -0.3 is 15.8 Å². The van der Waals surface area contributed by atoms with Crippen LogP contribution in [-0.2, 0) is 4.74 Å². The van der Waals surface area contributed by atoms with Gasteiger partial charge in [-0.3, -0.25) is 9.78 Å². The molecule has 0 bridgehead atoms. The molecule has 1 unspecified atom stereocenters. The van der Waals surface area contributed by atoms with E-state index in [0.29, 0.717) is 17.0 Å². The molecule has 0 radical (unpaired) electrons. The summed E-state index contributed by atoms with van der Waals surface area (Å²) in [7, 11) is 0. The Morgan fingerprint density at radius 3 is 3.00 bits per heavy atom. The van der Waals surface area contributed by atoms with Crippen LogP contribution in [0.15, 0.2) is 18.5 Å². The molecule has 1 aliphatic heterocycles. The van der Waals surface area contributed by atoms with Crippen molar-refractivity contribution in [2.45, 2.75) is 25.8 Å². The zero-order valence-corrected chi connectivity index (χ0v) is 12.3. The van der Waals surface area contributed by atoms with Crippen LogP contribution < -0.4 is 11.1 Å². The van der Waals surface area contributed by atoms with E-state index in [-0.39, 0.29) is 18.5 Å². The second-order valence-electron chi connectivity index (χ2n) is 5.18. The van der Waals surface area contributed by atoms with Gasteiger partial charge in [-0.2, -0.15) is 0 Å². The fourth-order valence-corrected chi connectivity index (χ4v) is 2.41. The third-order valence-electron chi connectivity index (χ3n) is 3.67. The largest absolute Gasteiger partial charge is 0.381 e. The number of carbonyl (C=O) groups is 1. The van der Waals surface area contributed by atoms with Crippen LogP contribution >= 0.6 is 0 Å². The number of ether oxygens (including phenoxy) is 1. The molecular weight excluding hydrogens is 266 g/mol. The number of pyridine rings is 1.